The van der Waals surface area contributed by atoms with Gasteiger partial charge in [-0.15, -0.1) is 0 Å². The van der Waals surface area contributed by atoms with E-state index in [1.807, 2.05) is 6.92 Å². The number of esters is 1. The summed E-state index contributed by atoms with van der Waals surface area (Å²) in [6.07, 6.45) is 1.37. The van der Waals surface area contributed by atoms with Crippen LogP contribution in [0.2, 0.25) is 0 Å². The minimum absolute atomic E-state index is 0.0214. The highest BCUT2D eigenvalue weighted by molar-refractivity contribution is 5.70. The molecule has 0 spiro atoms. The zero-order chi connectivity index (χ0) is 13.7. The fraction of sp³-hybridized carbons (Fsp3) is 0.923. The molecular formula is C13H26O4. The second-order valence-electron chi connectivity index (χ2n) is 6.58. The Bertz CT molecular complexity index is 240. The molecular weight excluding hydrogens is 220 g/mol. The molecule has 0 bridgehead atoms. The molecule has 4 heteroatoms. The standard InChI is InChI=1S/C13H26O4/c1-10(8-12(2,3)4)7-11(14)17-13(5,6)9-16-15/h10,15H,7-9H2,1-6H3. The summed E-state index contributed by atoms with van der Waals surface area (Å²) in [6.45, 7) is 11.9. The first-order valence-electron chi connectivity index (χ1n) is 6.04. The summed E-state index contributed by atoms with van der Waals surface area (Å²) >= 11 is 0. The SMILES string of the molecule is CC(CC(=O)OC(C)(C)COO)CC(C)(C)C. The van der Waals surface area contributed by atoms with E-state index in [0.29, 0.717) is 6.42 Å². The van der Waals surface area contributed by atoms with Gasteiger partial charge in [-0.3, -0.25) is 10.1 Å². The molecule has 0 saturated heterocycles. The van der Waals surface area contributed by atoms with Crippen molar-refractivity contribution in [2.75, 3.05) is 6.61 Å². The van der Waals surface area contributed by atoms with Crippen molar-refractivity contribution in [3.63, 3.8) is 0 Å². The molecule has 17 heavy (non-hydrogen) atoms. The van der Waals surface area contributed by atoms with Crippen LogP contribution in [0.15, 0.2) is 0 Å². The zero-order valence-electron chi connectivity index (χ0n) is 11.9. The van der Waals surface area contributed by atoms with Gasteiger partial charge in [0, 0.05) is 6.42 Å². The summed E-state index contributed by atoms with van der Waals surface area (Å²) in [5.74, 6) is 0.0390. The van der Waals surface area contributed by atoms with E-state index in [4.69, 9.17) is 9.99 Å². The third kappa shape index (κ3) is 9.12. The van der Waals surface area contributed by atoms with E-state index in [9.17, 15) is 4.79 Å². The summed E-state index contributed by atoms with van der Waals surface area (Å²) in [5, 5.41) is 8.36. The van der Waals surface area contributed by atoms with Crippen molar-refractivity contribution >= 4 is 5.97 Å². The molecule has 0 aliphatic carbocycles. The highest BCUT2D eigenvalue weighted by atomic mass is 17.1. The molecule has 0 amide bonds. The van der Waals surface area contributed by atoms with E-state index in [-0.39, 0.29) is 23.9 Å². The molecule has 1 atom stereocenters. The van der Waals surface area contributed by atoms with Crippen LogP contribution in [0.4, 0.5) is 0 Å². The van der Waals surface area contributed by atoms with Crippen molar-refractivity contribution in [2.24, 2.45) is 11.3 Å². The summed E-state index contributed by atoms with van der Waals surface area (Å²) in [6, 6.07) is 0. The van der Waals surface area contributed by atoms with Crippen LogP contribution < -0.4 is 0 Å². The number of hydrogen-bond donors (Lipinski definition) is 1. The maximum absolute atomic E-state index is 11.7. The van der Waals surface area contributed by atoms with Gasteiger partial charge in [0.25, 0.3) is 0 Å². The van der Waals surface area contributed by atoms with E-state index >= 15 is 0 Å². The smallest absolute Gasteiger partial charge is 0.306 e. The lowest BCUT2D eigenvalue weighted by Gasteiger charge is -2.26. The predicted molar refractivity (Wildman–Crippen MR) is 66.6 cm³/mol. The van der Waals surface area contributed by atoms with Crippen molar-refractivity contribution in [1.82, 2.24) is 0 Å². The average molecular weight is 246 g/mol. The van der Waals surface area contributed by atoms with Crippen molar-refractivity contribution in [1.29, 1.82) is 0 Å². The number of hydrogen-bond acceptors (Lipinski definition) is 4. The molecule has 1 unspecified atom stereocenters. The van der Waals surface area contributed by atoms with Crippen LogP contribution in [-0.4, -0.2) is 23.4 Å². The Morgan fingerprint density at radius 3 is 2.18 bits per heavy atom. The molecule has 0 radical (unpaired) electrons. The van der Waals surface area contributed by atoms with Crippen LogP contribution in [-0.2, 0) is 14.4 Å². The lowest BCUT2D eigenvalue weighted by Crippen LogP contribution is -2.33. The molecule has 0 fully saturated rings. The summed E-state index contributed by atoms with van der Waals surface area (Å²) in [5.41, 5.74) is -0.573. The van der Waals surface area contributed by atoms with Crippen LogP contribution in [0, 0.1) is 11.3 Å². The molecule has 0 aliphatic heterocycles. The monoisotopic (exact) mass is 246 g/mol. The largest absolute Gasteiger partial charge is 0.457 e. The topological polar surface area (TPSA) is 55.8 Å². The maximum Gasteiger partial charge on any atom is 0.306 e. The fourth-order valence-corrected chi connectivity index (χ4v) is 1.94. The number of ether oxygens (including phenoxy) is 1. The highest BCUT2D eigenvalue weighted by Crippen LogP contribution is 2.26. The van der Waals surface area contributed by atoms with Crippen LogP contribution in [0.3, 0.4) is 0 Å². The molecule has 1 N–H and O–H groups in total. The van der Waals surface area contributed by atoms with Gasteiger partial charge in [0.2, 0.25) is 0 Å². The molecule has 102 valence electrons. The van der Waals surface area contributed by atoms with Gasteiger partial charge in [-0.05, 0) is 31.6 Å². The van der Waals surface area contributed by atoms with Gasteiger partial charge in [-0.1, -0.05) is 27.7 Å². The zero-order valence-corrected chi connectivity index (χ0v) is 11.9. The van der Waals surface area contributed by atoms with E-state index in [0.717, 1.165) is 6.42 Å². The highest BCUT2D eigenvalue weighted by Gasteiger charge is 2.25. The lowest BCUT2D eigenvalue weighted by molar-refractivity contribution is -0.271. The van der Waals surface area contributed by atoms with E-state index in [1.165, 1.54) is 0 Å². The van der Waals surface area contributed by atoms with Gasteiger partial charge >= 0.3 is 5.97 Å². The quantitative estimate of drug-likeness (QED) is 0.444. The molecule has 0 saturated carbocycles. The minimum atomic E-state index is -0.784. The summed E-state index contributed by atoms with van der Waals surface area (Å²) < 4.78 is 5.24. The third-order valence-electron chi connectivity index (χ3n) is 2.28. The normalized spacial score (nSPS) is 14.5. The van der Waals surface area contributed by atoms with Gasteiger partial charge in [-0.25, -0.2) is 4.89 Å². The van der Waals surface area contributed by atoms with Crippen molar-refractivity contribution in [3.05, 3.63) is 0 Å². The number of carbonyl (C=O) groups excluding carboxylic acids is 1. The van der Waals surface area contributed by atoms with Gasteiger partial charge < -0.3 is 4.74 Å². The van der Waals surface area contributed by atoms with Crippen LogP contribution in [0.1, 0.15) is 54.4 Å². The fourth-order valence-electron chi connectivity index (χ4n) is 1.94. The molecule has 0 heterocycles. The number of rotatable bonds is 6. The Morgan fingerprint density at radius 1 is 1.24 bits per heavy atom. The predicted octanol–water partition coefficient (Wildman–Crippen LogP) is 3.26. The first-order valence-corrected chi connectivity index (χ1v) is 6.04. The first kappa shape index (κ1) is 16.4. The molecule has 0 rings (SSSR count). The van der Waals surface area contributed by atoms with E-state index in [2.05, 4.69) is 25.7 Å². The van der Waals surface area contributed by atoms with Gasteiger partial charge in [0.1, 0.15) is 12.2 Å². The lowest BCUT2D eigenvalue weighted by atomic mass is 9.84. The molecule has 4 nitrogen and oxygen atoms in total. The Balaban J connectivity index is 4.10. The summed E-state index contributed by atoms with van der Waals surface area (Å²) in [7, 11) is 0. The van der Waals surface area contributed by atoms with Crippen molar-refractivity contribution in [2.45, 2.75) is 60.0 Å². The minimum Gasteiger partial charge on any atom is -0.457 e. The Kier molecular flexibility index (Phi) is 6.13. The second-order valence-corrected chi connectivity index (χ2v) is 6.58. The molecule has 0 aromatic heterocycles. The van der Waals surface area contributed by atoms with Crippen LogP contribution in [0.5, 0.6) is 0 Å². The number of carbonyl (C=O) groups is 1. The first-order chi connectivity index (χ1) is 7.56. The molecule has 0 aromatic rings. The summed E-state index contributed by atoms with van der Waals surface area (Å²) in [4.78, 5) is 15.7. The van der Waals surface area contributed by atoms with E-state index in [1.54, 1.807) is 13.8 Å². The van der Waals surface area contributed by atoms with Crippen LogP contribution in [0.25, 0.3) is 0 Å². The third-order valence-corrected chi connectivity index (χ3v) is 2.28. The van der Waals surface area contributed by atoms with Gasteiger partial charge in [0.05, 0.1) is 0 Å². The average Bonchev–Trinajstić information content (AvgIpc) is 1.96. The van der Waals surface area contributed by atoms with Gasteiger partial charge in [0.15, 0.2) is 0 Å². The van der Waals surface area contributed by atoms with Crippen molar-refractivity contribution < 1.29 is 19.7 Å². The van der Waals surface area contributed by atoms with Crippen LogP contribution >= 0.6 is 0 Å². The maximum atomic E-state index is 11.7. The van der Waals surface area contributed by atoms with Gasteiger partial charge in [-0.2, -0.15) is 0 Å². The second kappa shape index (κ2) is 6.36. The Morgan fingerprint density at radius 2 is 1.76 bits per heavy atom. The molecule has 0 aliphatic rings. The molecule has 0 aromatic carbocycles. The Hall–Kier alpha value is -0.610. The Labute approximate surface area is 104 Å². The van der Waals surface area contributed by atoms with Crippen molar-refractivity contribution in [3.8, 4) is 0 Å². The van der Waals surface area contributed by atoms with E-state index < -0.39 is 5.60 Å².